The number of nitrogens with one attached hydrogen (secondary N) is 2. The maximum Gasteiger partial charge on any atom is 0.158 e. The second-order valence-electron chi connectivity index (χ2n) is 9.17. The quantitative estimate of drug-likeness (QED) is 0.340. The Hall–Kier alpha value is -3.26. The van der Waals surface area contributed by atoms with E-state index in [1.54, 1.807) is 6.33 Å². The predicted octanol–water partition coefficient (Wildman–Crippen LogP) is 5.02. The lowest BCUT2D eigenvalue weighted by molar-refractivity contribution is 0.0871. The van der Waals surface area contributed by atoms with Crippen molar-refractivity contribution in [1.82, 2.24) is 24.6 Å². The van der Waals surface area contributed by atoms with Gasteiger partial charge in [0, 0.05) is 30.5 Å². The van der Waals surface area contributed by atoms with Crippen LogP contribution in [-0.4, -0.2) is 49.7 Å². The molecule has 8 heteroatoms. The van der Waals surface area contributed by atoms with Crippen molar-refractivity contribution < 1.29 is 4.74 Å². The lowest BCUT2D eigenvalue weighted by Crippen LogP contribution is -2.21. The monoisotopic (exact) mass is 445 g/mol. The third-order valence-corrected chi connectivity index (χ3v) is 6.53. The summed E-state index contributed by atoms with van der Waals surface area (Å²) in [5, 5.41) is 7.77. The second-order valence-corrected chi connectivity index (χ2v) is 9.17. The van der Waals surface area contributed by atoms with E-state index in [1.165, 1.54) is 11.1 Å². The highest BCUT2D eigenvalue weighted by atomic mass is 16.5. The molecule has 5 rings (SSSR count). The summed E-state index contributed by atoms with van der Waals surface area (Å²) in [7, 11) is 0. The maximum absolute atomic E-state index is 5.44. The molecular weight excluding hydrogens is 414 g/mol. The number of nitrogens with zero attached hydrogens (tertiary/aromatic N) is 5. The molecule has 0 aromatic carbocycles. The molecular formula is C25H31N7O. The van der Waals surface area contributed by atoms with Crippen LogP contribution in [-0.2, 0) is 4.74 Å². The van der Waals surface area contributed by atoms with Crippen LogP contribution in [0, 0.1) is 13.8 Å². The third kappa shape index (κ3) is 3.99. The number of aryl methyl sites for hydroxylation is 1. The number of hydrogen-bond donors (Lipinski definition) is 2. The summed E-state index contributed by atoms with van der Waals surface area (Å²) in [6.07, 6.45) is 5.60. The van der Waals surface area contributed by atoms with Gasteiger partial charge in [0.25, 0.3) is 0 Å². The first-order valence-electron chi connectivity index (χ1n) is 11.6. The molecule has 172 valence electrons. The number of amidine groups is 1. The Morgan fingerprint density at radius 3 is 2.76 bits per heavy atom. The normalized spacial score (nSPS) is 15.8. The highest BCUT2D eigenvalue weighted by molar-refractivity contribution is 5.95. The van der Waals surface area contributed by atoms with Crippen LogP contribution >= 0.6 is 0 Å². The molecule has 1 aliphatic rings. The molecule has 0 bridgehead atoms. The van der Waals surface area contributed by atoms with Crippen molar-refractivity contribution in [3.63, 3.8) is 0 Å². The smallest absolute Gasteiger partial charge is 0.158 e. The molecule has 0 aliphatic carbocycles. The summed E-state index contributed by atoms with van der Waals surface area (Å²) in [6.45, 7) is 12.2. The molecule has 1 saturated heterocycles. The standard InChI is InChI=1S/C25H31N7O/c1-14(2)22-23(19-12-32-25(26-13-27-32)16(4)15(19)3)30-20-6-7-21(31-24(20)22)29-17(5)28-18-8-10-33-11-9-18/h6-7,12-14,18,30H,8-11H2,1-5H3,(H,28,29,31). The molecule has 0 unspecified atom stereocenters. The van der Waals surface area contributed by atoms with Gasteiger partial charge in [-0.1, -0.05) is 13.8 Å². The van der Waals surface area contributed by atoms with Crippen LogP contribution < -0.4 is 5.32 Å². The molecule has 4 aromatic heterocycles. The number of pyridine rings is 2. The van der Waals surface area contributed by atoms with Gasteiger partial charge >= 0.3 is 0 Å². The van der Waals surface area contributed by atoms with Gasteiger partial charge in [0.15, 0.2) is 5.65 Å². The highest BCUT2D eigenvalue weighted by Crippen LogP contribution is 2.37. The second kappa shape index (κ2) is 8.59. The largest absolute Gasteiger partial charge is 0.381 e. The molecule has 5 heterocycles. The minimum Gasteiger partial charge on any atom is -0.381 e. The fraction of sp³-hybridized carbons (Fsp3) is 0.440. The van der Waals surface area contributed by atoms with E-state index in [0.717, 1.165) is 71.2 Å². The van der Waals surface area contributed by atoms with Crippen molar-refractivity contribution in [1.29, 1.82) is 0 Å². The van der Waals surface area contributed by atoms with E-state index in [-0.39, 0.29) is 0 Å². The lowest BCUT2D eigenvalue weighted by atomic mass is 9.95. The Morgan fingerprint density at radius 2 is 2.00 bits per heavy atom. The minimum absolute atomic E-state index is 0.291. The minimum atomic E-state index is 0.291. The first-order chi connectivity index (χ1) is 15.9. The van der Waals surface area contributed by atoms with Gasteiger partial charge in [-0.05, 0) is 62.8 Å². The molecule has 0 spiro atoms. The Labute approximate surface area is 193 Å². The molecule has 8 nitrogen and oxygen atoms in total. The molecule has 0 amide bonds. The number of anilines is 1. The zero-order valence-electron chi connectivity index (χ0n) is 19.9. The number of hydrogen-bond acceptors (Lipinski definition) is 5. The van der Waals surface area contributed by atoms with Crippen molar-refractivity contribution in [3.8, 4) is 11.3 Å². The molecule has 0 radical (unpaired) electrons. The van der Waals surface area contributed by atoms with Crippen molar-refractivity contribution >= 4 is 28.3 Å². The molecule has 1 fully saturated rings. The molecule has 0 saturated carbocycles. The van der Waals surface area contributed by atoms with Crippen LogP contribution in [0.4, 0.5) is 5.82 Å². The van der Waals surface area contributed by atoms with Crippen molar-refractivity contribution in [2.24, 2.45) is 4.99 Å². The van der Waals surface area contributed by atoms with Crippen molar-refractivity contribution in [2.75, 3.05) is 18.5 Å². The maximum atomic E-state index is 5.44. The fourth-order valence-electron chi connectivity index (χ4n) is 4.69. The topological polar surface area (TPSA) is 92.5 Å². The van der Waals surface area contributed by atoms with Gasteiger partial charge in [0.05, 0.1) is 28.6 Å². The first-order valence-corrected chi connectivity index (χ1v) is 11.6. The van der Waals surface area contributed by atoms with E-state index in [4.69, 9.17) is 14.7 Å². The number of fused-ring (bicyclic) bond motifs is 2. The number of aliphatic imine (C=N–C) groups is 1. The van der Waals surface area contributed by atoms with Gasteiger partial charge < -0.3 is 15.0 Å². The SMILES string of the molecule is CC(=NC1CCOCC1)Nc1ccc2[nH]c(-c3cn4ncnc4c(C)c3C)c(C(C)C)c2n1. The van der Waals surface area contributed by atoms with Gasteiger partial charge in [0.1, 0.15) is 12.1 Å². The molecule has 0 atom stereocenters. The van der Waals surface area contributed by atoms with Crippen LogP contribution in [0.3, 0.4) is 0 Å². The fourth-order valence-corrected chi connectivity index (χ4v) is 4.69. The zero-order valence-corrected chi connectivity index (χ0v) is 19.9. The predicted molar refractivity (Wildman–Crippen MR) is 132 cm³/mol. The van der Waals surface area contributed by atoms with E-state index in [9.17, 15) is 0 Å². The Morgan fingerprint density at radius 1 is 1.21 bits per heavy atom. The average Bonchev–Trinajstić information content (AvgIpc) is 3.41. The highest BCUT2D eigenvalue weighted by Gasteiger charge is 2.21. The van der Waals surface area contributed by atoms with Gasteiger partial charge in [-0.2, -0.15) is 5.10 Å². The first kappa shape index (κ1) is 21.6. The summed E-state index contributed by atoms with van der Waals surface area (Å²) in [4.78, 5) is 17.9. The van der Waals surface area contributed by atoms with E-state index >= 15 is 0 Å². The summed E-state index contributed by atoms with van der Waals surface area (Å²) >= 11 is 0. The van der Waals surface area contributed by atoms with Gasteiger partial charge in [-0.25, -0.2) is 14.5 Å². The van der Waals surface area contributed by atoms with E-state index in [0.29, 0.717) is 12.0 Å². The number of ether oxygens (including phenoxy) is 1. The van der Waals surface area contributed by atoms with Crippen LogP contribution in [0.5, 0.6) is 0 Å². The van der Waals surface area contributed by atoms with E-state index in [1.807, 2.05) is 17.5 Å². The van der Waals surface area contributed by atoms with Crippen LogP contribution in [0.2, 0.25) is 0 Å². The van der Waals surface area contributed by atoms with Crippen LogP contribution in [0.15, 0.2) is 29.6 Å². The number of aromatic nitrogens is 5. The third-order valence-electron chi connectivity index (χ3n) is 6.53. The van der Waals surface area contributed by atoms with Crippen LogP contribution in [0.1, 0.15) is 56.2 Å². The van der Waals surface area contributed by atoms with Gasteiger partial charge in [-0.3, -0.25) is 4.99 Å². The molecule has 2 N–H and O–H groups in total. The summed E-state index contributed by atoms with van der Waals surface area (Å²) in [5.41, 5.74) is 8.65. The van der Waals surface area contributed by atoms with Crippen molar-refractivity contribution in [2.45, 2.75) is 59.4 Å². The molecule has 4 aromatic rings. The number of aromatic amines is 1. The average molecular weight is 446 g/mol. The Bertz CT molecular complexity index is 1340. The van der Waals surface area contributed by atoms with Crippen LogP contribution in [0.25, 0.3) is 27.9 Å². The summed E-state index contributed by atoms with van der Waals surface area (Å²) in [6, 6.07) is 4.42. The van der Waals surface area contributed by atoms with E-state index in [2.05, 4.69) is 60.3 Å². The zero-order chi connectivity index (χ0) is 23.1. The molecule has 33 heavy (non-hydrogen) atoms. The van der Waals surface area contributed by atoms with Gasteiger partial charge in [-0.15, -0.1) is 0 Å². The molecule has 1 aliphatic heterocycles. The summed E-state index contributed by atoms with van der Waals surface area (Å²) in [5.74, 6) is 1.99. The number of rotatable bonds is 4. The van der Waals surface area contributed by atoms with Crippen molar-refractivity contribution in [3.05, 3.63) is 41.3 Å². The number of H-pyrrole nitrogens is 1. The summed E-state index contributed by atoms with van der Waals surface area (Å²) < 4.78 is 7.29. The Kier molecular flexibility index (Phi) is 5.62. The Balaban J connectivity index is 1.56. The lowest BCUT2D eigenvalue weighted by Gasteiger charge is -2.19. The van der Waals surface area contributed by atoms with E-state index < -0.39 is 0 Å². The van der Waals surface area contributed by atoms with Gasteiger partial charge in [0.2, 0.25) is 0 Å².